The van der Waals surface area contributed by atoms with Crippen molar-refractivity contribution in [2.24, 2.45) is 11.3 Å². The van der Waals surface area contributed by atoms with Crippen LogP contribution in [0, 0.1) is 11.3 Å². The summed E-state index contributed by atoms with van der Waals surface area (Å²) in [6.07, 6.45) is 3.87. The van der Waals surface area contributed by atoms with Gasteiger partial charge in [0.25, 0.3) is 5.56 Å². The summed E-state index contributed by atoms with van der Waals surface area (Å²) >= 11 is 4.77. The normalized spacial score (nSPS) is 28.5. The molecule has 3 heterocycles. The maximum Gasteiger partial charge on any atom is 0.408 e. The molecule has 2 aromatic heterocycles. The van der Waals surface area contributed by atoms with E-state index in [1.165, 1.54) is 11.3 Å². The Balaban J connectivity index is 1.99. The molecule has 2 N–H and O–H groups in total. The predicted molar refractivity (Wildman–Crippen MR) is 109 cm³/mol. The molecule has 1 saturated carbocycles. The fourth-order valence-electron chi connectivity index (χ4n) is 5.17. The molecule has 0 unspecified atom stereocenters. The Bertz CT molecular complexity index is 963. The minimum atomic E-state index is -0.923. The summed E-state index contributed by atoms with van der Waals surface area (Å²) in [6.45, 7) is 6.15. The van der Waals surface area contributed by atoms with Gasteiger partial charge in [-0.3, -0.25) is 9.69 Å². The van der Waals surface area contributed by atoms with Gasteiger partial charge < -0.3 is 10.1 Å². The summed E-state index contributed by atoms with van der Waals surface area (Å²) in [4.78, 5) is 34.6. The molecule has 0 bridgehead atoms. The molecule has 0 radical (unpaired) electrons. The first kappa shape index (κ1) is 18.9. The van der Waals surface area contributed by atoms with Crippen LogP contribution < -0.4 is 5.56 Å². The maximum absolute atomic E-state index is 12.8. The molecule has 1 amide bonds. The van der Waals surface area contributed by atoms with Crippen molar-refractivity contribution in [3.63, 3.8) is 0 Å². The lowest BCUT2D eigenvalue weighted by molar-refractivity contribution is 0.00140. The van der Waals surface area contributed by atoms with E-state index in [0.717, 1.165) is 29.5 Å². The highest BCUT2D eigenvalue weighted by molar-refractivity contribution is 9.11. The molecule has 2 aromatic rings. The summed E-state index contributed by atoms with van der Waals surface area (Å²) in [5, 5.41) is 10.2. The summed E-state index contributed by atoms with van der Waals surface area (Å²) in [5.41, 5.74) is -0.844. The van der Waals surface area contributed by atoms with Gasteiger partial charge in [-0.05, 0) is 52.6 Å². The topological polar surface area (TPSA) is 86.3 Å². The number of carboxylic acid groups (broad SMARTS) is 1. The number of thiophene rings is 1. The third-order valence-corrected chi connectivity index (χ3v) is 7.99. The van der Waals surface area contributed by atoms with Gasteiger partial charge in [0, 0.05) is 6.04 Å². The summed E-state index contributed by atoms with van der Waals surface area (Å²) < 4.78 is 1.40. The third-order valence-electron chi connectivity index (χ3n) is 6.36. The van der Waals surface area contributed by atoms with Crippen LogP contribution in [0.1, 0.15) is 58.7 Å². The number of amides is 1. The molecule has 1 saturated heterocycles. The van der Waals surface area contributed by atoms with Crippen LogP contribution in [-0.4, -0.2) is 32.1 Å². The minimum absolute atomic E-state index is 0.00863. The van der Waals surface area contributed by atoms with E-state index in [1.807, 2.05) is 26.8 Å². The first-order valence-electron chi connectivity index (χ1n) is 9.37. The van der Waals surface area contributed by atoms with Crippen molar-refractivity contribution in [3.05, 3.63) is 26.0 Å². The fourth-order valence-corrected chi connectivity index (χ4v) is 6.59. The number of H-pyrrole nitrogens is 1. The lowest BCUT2D eigenvalue weighted by Crippen LogP contribution is -2.56. The molecular weight excluding hydrogens is 430 g/mol. The average molecular weight is 454 g/mol. The first-order chi connectivity index (χ1) is 12.6. The average Bonchev–Trinajstić information content (AvgIpc) is 3.12. The van der Waals surface area contributed by atoms with Crippen LogP contribution in [-0.2, 0) is 5.54 Å². The summed E-state index contributed by atoms with van der Waals surface area (Å²) in [5.74, 6) is 0.791. The Morgan fingerprint density at radius 1 is 1.41 bits per heavy atom. The predicted octanol–water partition coefficient (Wildman–Crippen LogP) is 4.93. The molecular formula is C19H24BrN3O3S. The van der Waals surface area contributed by atoms with E-state index in [9.17, 15) is 14.7 Å². The first-order valence-corrected chi connectivity index (χ1v) is 11.0. The zero-order valence-electron chi connectivity index (χ0n) is 15.7. The van der Waals surface area contributed by atoms with E-state index in [0.29, 0.717) is 28.4 Å². The van der Waals surface area contributed by atoms with Gasteiger partial charge in [-0.1, -0.05) is 33.6 Å². The number of rotatable bonds is 1. The Morgan fingerprint density at radius 2 is 2.11 bits per heavy atom. The molecule has 3 atom stereocenters. The largest absolute Gasteiger partial charge is 0.465 e. The van der Waals surface area contributed by atoms with Gasteiger partial charge in [0.05, 0.1) is 9.30 Å². The highest BCUT2D eigenvalue weighted by Gasteiger charge is 2.61. The number of hydrogen-bond donors (Lipinski definition) is 2. The van der Waals surface area contributed by atoms with E-state index in [2.05, 4.69) is 20.9 Å². The van der Waals surface area contributed by atoms with Crippen molar-refractivity contribution >= 4 is 43.6 Å². The van der Waals surface area contributed by atoms with Gasteiger partial charge in [-0.25, -0.2) is 9.78 Å². The number of nitrogens with zero attached hydrogens (tertiary/aromatic N) is 2. The Morgan fingerprint density at radius 3 is 2.78 bits per heavy atom. The molecule has 2 fully saturated rings. The van der Waals surface area contributed by atoms with Gasteiger partial charge in [0.15, 0.2) is 0 Å². The number of hydrogen-bond acceptors (Lipinski definition) is 4. The SMILES string of the molecule is CC(C)(C)[C@]1(c2nc3cc(Br)sc3c(=O)[nH]2)C[C@@H]2CCCC[C@@H]2N1C(=O)O. The molecule has 2 aliphatic rings. The van der Waals surface area contributed by atoms with Crippen LogP contribution in [0.25, 0.3) is 10.2 Å². The molecule has 6 nitrogen and oxygen atoms in total. The zero-order valence-corrected chi connectivity index (χ0v) is 18.1. The molecule has 1 aliphatic heterocycles. The van der Waals surface area contributed by atoms with Gasteiger partial charge in [-0.15, -0.1) is 11.3 Å². The van der Waals surface area contributed by atoms with Crippen molar-refractivity contribution in [1.29, 1.82) is 0 Å². The maximum atomic E-state index is 12.8. The lowest BCUT2D eigenvalue weighted by Gasteiger charge is -2.47. The van der Waals surface area contributed by atoms with Crippen LogP contribution >= 0.6 is 27.3 Å². The number of fused-ring (bicyclic) bond motifs is 2. The fraction of sp³-hybridized carbons (Fsp3) is 0.632. The van der Waals surface area contributed by atoms with E-state index >= 15 is 0 Å². The standard InChI is InChI=1S/C19H24BrN3O3S/c1-18(2,3)19(9-10-6-4-5-7-12(10)23(19)17(25)26)16-21-11-8-13(20)27-14(11)15(24)22-16/h8,10,12H,4-7,9H2,1-3H3,(H,25,26)(H,21,22,24)/t10-,12-,19+/m0/s1. The molecule has 1 aliphatic carbocycles. The molecule has 4 rings (SSSR count). The minimum Gasteiger partial charge on any atom is -0.465 e. The van der Waals surface area contributed by atoms with E-state index in [4.69, 9.17) is 4.98 Å². The number of halogens is 1. The van der Waals surface area contributed by atoms with Crippen molar-refractivity contribution in [1.82, 2.24) is 14.9 Å². The van der Waals surface area contributed by atoms with E-state index < -0.39 is 17.0 Å². The van der Waals surface area contributed by atoms with E-state index in [1.54, 1.807) is 4.90 Å². The smallest absolute Gasteiger partial charge is 0.408 e. The van der Waals surface area contributed by atoms with E-state index in [-0.39, 0.29) is 11.6 Å². The summed E-state index contributed by atoms with van der Waals surface area (Å²) in [6, 6.07) is 1.83. The molecule has 0 spiro atoms. The van der Waals surface area contributed by atoms with Gasteiger partial charge in [0.1, 0.15) is 16.1 Å². The Hall–Kier alpha value is -1.41. The zero-order chi connectivity index (χ0) is 19.6. The van der Waals surface area contributed by atoms with Gasteiger partial charge >= 0.3 is 6.09 Å². The van der Waals surface area contributed by atoms with Crippen molar-refractivity contribution in [2.75, 3.05) is 0 Å². The second kappa shape index (κ2) is 6.30. The molecule has 146 valence electrons. The number of aromatic nitrogens is 2. The molecule has 27 heavy (non-hydrogen) atoms. The monoisotopic (exact) mass is 453 g/mol. The van der Waals surface area contributed by atoms with Crippen LogP contribution in [0.4, 0.5) is 4.79 Å². The number of nitrogens with one attached hydrogen (secondary N) is 1. The van der Waals surface area contributed by atoms with Crippen molar-refractivity contribution in [2.45, 2.75) is 64.5 Å². The van der Waals surface area contributed by atoms with Crippen LogP contribution in [0.2, 0.25) is 0 Å². The number of likely N-dealkylation sites (tertiary alicyclic amines) is 1. The van der Waals surface area contributed by atoms with Crippen LogP contribution in [0.5, 0.6) is 0 Å². The third kappa shape index (κ3) is 2.75. The number of aromatic amines is 1. The number of carbonyl (C=O) groups is 1. The highest BCUT2D eigenvalue weighted by atomic mass is 79.9. The summed E-state index contributed by atoms with van der Waals surface area (Å²) in [7, 11) is 0. The lowest BCUT2D eigenvalue weighted by atomic mass is 9.69. The molecule has 0 aromatic carbocycles. The van der Waals surface area contributed by atoms with Gasteiger partial charge in [-0.2, -0.15) is 0 Å². The van der Waals surface area contributed by atoms with Gasteiger partial charge in [0.2, 0.25) is 0 Å². The molecule has 8 heteroatoms. The highest BCUT2D eigenvalue weighted by Crippen LogP contribution is 2.57. The second-order valence-corrected chi connectivity index (χ2v) is 11.2. The Kier molecular flexibility index (Phi) is 4.42. The Labute approximate surface area is 170 Å². The second-order valence-electron chi connectivity index (χ2n) is 8.76. The van der Waals surface area contributed by atoms with Crippen LogP contribution in [0.3, 0.4) is 0 Å². The van der Waals surface area contributed by atoms with Crippen LogP contribution in [0.15, 0.2) is 14.6 Å². The van der Waals surface area contributed by atoms with Crippen molar-refractivity contribution < 1.29 is 9.90 Å². The quantitative estimate of drug-likeness (QED) is 0.640. The van der Waals surface area contributed by atoms with Crippen molar-refractivity contribution in [3.8, 4) is 0 Å².